The highest BCUT2D eigenvalue weighted by Crippen LogP contribution is 2.03. The van der Waals surface area contributed by atoms with Gasteiger partial charge in [0.05, 0.1) is 0 Å². The molecule has 2 aromatic rings. The molecule has 2 aromatic carbocycles. The molecule has 0 aliphatic carbocycles. The van der Waals surface area contributed by atoms with Crippen molar-refractivity contribution in [3.63, 3.8) is 0 Å². The largest absolute Gasteiger partial charge is 0.338 e. The molecule has 0 aliphatic rings. The van der Waals surface area contributed by atoms with E-state index in [0.29, 0.717) is 13.1 Å². The van der Waals surface area contributed by atoms with Crippen molar-refractivity contribution < 1.29 is 4.79 Å². The molecule has 0 heterocycles. The zero-order valence-corrected chi connectivity index (χ0v) is 13.1. The minimum absolute atomic E-state index is 0.0832. The Morgan fingerprint density at radius 2 is 1.45 bits per heavy atom. The van der Waals surface area contributed by atoms with Crippen LogP contribution in [0.3, 0.4) is 0 Å². The minimum Gasteiger partial charge on any atom is -0.338 e. The molecule has 3 nitrogen and oxygen atoms in total. The van der Waals surface area contributed by atoms with E-state index in [4.69, 9.17) is 0 Å². The highest BCUT2D eigenvalue weighted by Gasteiger charge is 2.00. The van der Waals surface area contributed by atoms with Crippen LogP contribution in [0.25, 0.3) is 0 Å². The lowest BCUT2D eigenvalue weighted by atomic mass is 10.1. The van der Waals surface area contributed by atoms with Crippen LogP contribution in [0.2, 0.25) is 0 Å². The number of carbonyl (C=O) groups is 1. The Morgan fingerprint density at radius 1 is 0.818 bits per heavy atom. The van der Waals surface area contributed by atoms with Gasteiger partial charge in [-0.1, -0.05) is 60.2 Å². The second-order valence-electron chi connectivity index (χ2n) is 5.51. The van der Waals surface area contributed by atoms with E-state index < -0.39 is 0 Å². The van der Waals surface area contributed by atoms with Gasteiger partial charge >= 0.3 is 6.03 Å². The summed E-state index contributed by atoms with van der Waals surface area (Å²) in [7, 11) is 0. The Kier molecular flexibility index (Phi) is 6.49. The number of hydrogen-bond acceptors (Lipinski definition) is 1. The molecule has 2 N–H and O–H groups in total. The van der Waals surface area contributed by atoms with Crippen molar-refractivity contribution in [2.45, 2.75) is 26.2 Å². The van der Waals surface area contributed by atoms with Crippen LogP contribution in [0, 0.1) is 6.92 Å². The summed E-state index contributed by atoms with van der Waals surface area (Å²) in [5.41, 5.74) is 3.81. The van der Waals surface area contributed by atoms with Gasteiger partial charge in [-0.3, -0.25) is 0 Å². The number of benzene rings is 2. The molecule has 0 aliphatic heterocycles. The van der Waals surface area contributed by atoms with E-state index in [1.807, 2.05) is 18.2 Å². The molecule has 3 heteroatoms. The Morgan fingerprint density at radius 3 is 2.18 bits per heavy atom. The van der Waals surface area contributed by atoms with Crippen LogP contribution in [0.5, 0.6) is 0 Å². The monoisotopic (exact) mass is 296 g/mol. The third-order valence-corrected chi connectivity index (χ3v) is 3.59. The second-order valence-corrected chi connectivity index (χ2v) is 5.51. The van der Waals surface area contributed by atoms with Gasteiger partial charge in [0.2, 0.25) is 0 Å². The normalized spacial score (nSPS) is 10.2. The molecule has 0 fully saturated rings. The molecule has 0 unspecified atom stereocenters. The van der Waals surface area contributed by atoms with E-state index in [1.165, 1.54) is 16.7 Å². The van der Waals surface area contributed by atoms with Crippen LogP contribution in [0.15, 0.2) is 54.6 Å². The van der Waals surface area contributed by atoms with Gasteiger partial charge in [0, 0.05) is 13.1 Å². The number of rotatable bonds is 7. The molecule has 0 bridgehead atoms. The molecule has 0 saturated carbocycles. The van der Waals surface area contributed by atoms with Crippen LogP contribution < -0.4 is 10.6 Å². The zero-order valence-electron chi connectivity index (χ0n) is 13.1. The molecule has 0 spiro atoms. The first-order valence-corrected chi connectivity index (χ1v) is 7.85. The molecule has 2 amide bonds. The predicted molar refractivity (Wildman–Crippen MR) is 91.0 cm³/mol. The molecular formula is C19H24N2O. The summed E-state index contributed by atoms with van der Waals surface area (Å²) in [4.78, 5) is 11.7. The third kappa shape index (κ3) is 6.00. The first-order valence-electron chi connectivity index (χ1n) is 7.85. The van der Waals surface area contributed by atoms with Crippen molar-refractivity contribution in [2.75, 3.05) is 13.1 Å². The first-order chi connectivity index (χ1) is 10.7. The van der Waals surface area contributed by atoms with Gasteiger partial charge in [0.15, 0.2) is 0 Å². The van der Waals surface area contributed by atoms with Crippen molar-refractivity contribution in [3.05, 3.63) is 71.3 Å². The van der Waals surface area contributed by atoms with Crippen molar-refractivity contribution >= 4 is 6.03 Å². The predicted octanol–water partition coefficient (Wildman–Crippen LogP) is 3.47. The summed E-state index contributed by atoms with van der Waals surface area (Å²) >= 11 is 0. The van der Waals surface area contributed by atoms with E-state index in [1.54, 1.807) is 0 Å². The highest BCUT2D eigenvalue weighted by molar-refractivity contribution is 5.73. The average Bonchev–Trinajstić information content (AvgIpc) is 2.54. The molecule has 0 aromatic heterocycles. The van der Waals surface area contributed by atoms with E-state index in [0.717, 1.165) is 19.3 Å². The number of aryl methyl sites for hydroxylation is 2. The van der Waals surface area contributed by atoms with Gasteiger partial charge < -0.3 is 10.6 Å². The van der Waals surface area contributed by atoms with Crippen LogP contribution in [0.4, 0.5) is 4.79 Å². The second kappa shape index (κ2) is 8.88. The number of carbonyl (C=O) groups excluding carboxylic acids is 1. The Balaban J connectivity index is 1.55. The lowest BCUT2D eigenvalue weighted by molar-refractivity contribution is 0.241. The van der Waals surface area contributed by atoms with Crippen molar-refractivity contribution in [2.24, 2.45) is 0 Å². The average molecular weight is 296 g/mol. The standard InChI is InChI=1S/C19H24N2O/c1-16-9-11-18(12-10-16)13-15-21-19(22)20-14-5-8-17-6-3-2-4-7-17/h2-4,6-7,9-12H,5,8,13-15H2,1H3,(H2,20,21,22). The maximum absolute atomic E-state index is 11.7. The van der Waals surface area contributed by atoms with Gasteiger partial charge in [0.25, 0.3) is 0 Å². The van der Waals surface area contributed by atoms with E-state index in [9.17, 15) is 4.79 Å². The first kappa shape index (κ1) is 16.1. The van der Waals surface area contributed by atoms with E-state index >= 15 is 0 Å². The SMILES string of the molecule is Cc1ccc(CCNC(=O)NCCCc2ccccc2)cc1. The number of amides is 2. The van der Waals surface area contributed by atoms with Gasteiger partial charge in [0.1, 0.15) is 0 Å². The summed E-state index contributed by atoms with van der Waals surface area (Å²) < 4.78 is 0. The Bertz CT molecular complexity index is 564. The number of urea groups is 1. The van der Waals surface area contributed by atoms with Gasteiger partial charge in [-0.15, -0.1) is 0 Å². The zero-order chi connectivity index (χ0) is 15.6. The molecule has 2 rings (SSSR count). The van der Waals surface area contributed by atoms with Crippen LogP contribution in [-0.2, 0) is 12.8 Å². The smallest absolute Gasteiger partial charge is 0.314 e. The van der Waals surface area contributed by atoms with Crippen molar-refractivity contribution in [3.8, 4) is 0 Å². The van der Waals surface area contributed by atoms with Gasteiger partial charge in [-0.05, 0) is 37.3 Å². The molecular weight excluding hydrogens is 272 g/mol. The lowest BCUT2D eigenvalue weighted by Crippen LogP contribution is -2.37. The van der Waals surface area contributed by atoms with Crippen LogP contribution in [0.1, 0.15) is 23.1 Å². The summed E-state index contributed by atoms with van der Waals surface area (Å²) in [6.07, 6.45) is 2.80. The fourth-order valence-electron chi connectivity index (χ4n) is 2.28. The van der Waals surface area contributed by atoms with Gasteiger partial charge in [-0.2, -0.15) is 0 Å². The van der Waals surface area contributed by atoms with E-state index in [-0.39, 0.29) is 6.03 Å². The van der Waals surface area contributed by atoms with Crippen LogP contribution >= 0.6 is 0 Å². The summed E-state index contributed by atoms with van der Waals surface area (Å²) in [6.45, 7) is 3.43. The topological polar surface area (TPSA) is 41.1 Å². The molecule has 0 radical (unpaired) electrons. The fraction of sp³-hybridized carbons (Fsp3) is 0.316. The Hall–Kier alpha value is -2.29. The lowest BCUT2D eigenvalue weighted by Gasteiger charge is -2.08. The summed E-state index contributed by atoms with van der Waals surface area (Å²) in [5.74, 6) is 0. The van der Waals surface area contributed by atoms with E-state index in [2.05, 4.69) is 54.0 Å². The molecule has 116 valence electrons. The maximum atomic E-state index is 11.7. The number of nitrogens with one attached hydrogen (secondary N) is 2. The summed E-state index contributed by atoms with van der Waals surface area (Å²) in [5, 5.41) is 5.79. The van der Waals surface area contributed by atoms with Crippen molar-refractivity contribution in [1.82, 2.24) is 10.6 Å². The molecule has 0 saturated heterocycles. The Labute approximate surface area is 132 Å². The van der Waals surface area contributed by atoms with Gasteiger partial charge in [-0.25, -0.2) is 4.79 Å². The molecule has 22 heavy (non-hydrogen) atoms. The summed E-state index contributed by atoms with van der Waals surface area (Å²) in [6, 6.07) is 18.6. The van der Waals surface area contributed by atoms with Crippen LogP contribution in [-0.4, -0.2) is 19.1 Å². The minimum atomic E-state index is -0.0832. The highest BCUT2D eigenvalue weighted by atomic mass is 16.2. The maximum Gasteiger partial charge on any atom is 0.314 e. The quantitative estimate of drug-likeness (QED) is 0.755. The molecule has 0 atom stereocenters. The number of hydrogen-bond donors (Lipinski definition) is 2. The third-order valence-electron chi connectivity index (χ3n) is 3.59. The fourth-order valence-corrected chi connectivity index (χ4v) is 2.28. The van der Waals surface area contributed by atoms with Crippen molar-refractivity contribution in [1.29, 1.82) is 0 Å².